The van der Waals surface area contributed by atoms with E-state index in [0.717, 1.165) is 10.5 Å². The molecule has 104 valence electrons. The maximum Gasteiger partial charge on any atom is 0.0668 e. The monoisotopic (exact) mass is 278 g/mol. The molecule has 1 heterocycles. The number of rotatable bonds is 2. The lowest BCUT2D eigenvalue weighted by Crippen LogP contribution is -2.08. The van der Waals surface area contributed by atoms with E-state index in [9.17, 15) is 0 Å². The van der Waals surface area contributed by atoms with Crippen molar-refractivity contribution < 1.29 is 0 Å². The molecular formula is C16H23ClN2. The number of H-pyrrole nitrogens is 1. The predicted octanol–water partition coefficient (Wildman–Crippen LogP) is 5.42. The van der Waals surface area contributed by atoms with Crippen LogP contribution in [0.5, 0.6) is 0 Å². The molecule has 1 saturated carbocycles. The smallest absolute Gasteiger partial charge is 0.0668 e. The lowest BCUT2D eigenvalue weighted by molar-refractivity contribution is 0.747. The Morgan fingerprint density at radius 1 is 1.32 bits per heavy atom. The van der Waals surface area contributed by atoms with E-state index >= 15 is 0 Å². The fourth-order valence-electron chi connectivity index (χ4n) is 2.73. The van der Waals surface area contributed by atoms with Crippen molar-refractivity contribution in [3.05, 3.63) is 28.4 Å². The minimum absolute atomic E-state index is 0.294. The topological polar surface area (TPSA) is 28.7 Å². The van der Waals surface area contributed by atoms with Crippen molar-refractivity contribution in [3.63, 3.8) is 0 Å². The molecule has 0 saturated heterocycles. The first kappa shape index (κ1) is 14.4. The van der Waals surface area contributed by atoms with Gasteiger partial charge in [-0.05, 0) is 41.4 Å². The molecule has 1 N–H and O–H groups in total. The highest BCUT2D eigenvalue weighted by molar-refractivity contribution is 6.32. The van der Waals surface area contributed by atoms with Gasteiger partial charge in [0.2, 0.25) is 0 Å². The number of aromatic amines is 1. The van der Waals surface area contributed by atoms with Gasteiger partial charge in [0, 0.05) is 10.4 Å². The van der Waals surface area contributed by atoms with Gasteiger partial charge in [0.15, 0.2) is 0 Å². The van der Waals surface area contributed by atoms with E-state index < -0.39 is 0 Å². The Kier molecular flexibility index (Phi) is 3.91. The Bertz CT molecular complexity index is 580. The number of fused-ring (bicyclic) bond motifs is 1. The third-order valence-corrected chi connectivity index (χ3v) is 4.22. The third-order valence-electron chi connectivity index (χ3n) is 3.92. The van der Waals surface area contributed by atoms with Gasteiger partial charge in [0.05, 0.1) is 11.7 Å². The molecule has 0 bridgehead atoms. The Labute approximate surface area is 120 Å². The average molecular weight is 279 g/mol. The summed E-state index contributed by atoms with van der Waals surface area (Å²) in [5.41, 5.74) is 4.07. The highest BCUT2D eigenvalue weighted by Gasteiger charge is 2.43. The van der Waals surface area contributed by atoms with Gasteiger partial charge in [-0.3, -0.25) is 5.10 Å². The maximum atomic E-state index is 6.49. The first-order chi connectivity index (χ1) is 9.03. The number of aromatic nitrogens is 2. The van der Waals surface area contributed by atoms with Crippen molar-refractivity contribution in [1.29, 1.82) is 0 Å². The van der Waals surface area contributed by atoms with E-state index in [0.29, 0.717) is 11.3 Å². The Morgan fingerprint density at radius 2 is 1.95 bits per heavy atom. The predicted molar refractivity (Wildman–Crippen MR) is 83.1 cm³/mol. The van der Waals surface area contributed by atoms with Gasteiger partial charge in [-0.25, -0.2) is 0 Å². The molecule has 1 aliphatic rings. The van der Waals surface area contributed by atoms with Gasteiger partial charge in [0.25, 0.3) is 0 Å². The third kappa shape index (κ3) is 2.38. The van der Waals surface area contributed by atoms with Crippen molar-refractivity contribution in [3.8, 4) is 0 Å². The van der Waals surface area contributed by atoms with Crippen molar-refractivity contribution in [2.75, 3.05) is 0 Å². The second-order valence-electron chi connectivity index (χ2n) is 5.69. The molecule has 3 heteroatoms. The SMILES string of the molecule is CC.CC(C)c1c(C2(C)CC2)c(Cl)cc2[nH]ncc12. The van der Waals surface area contributed by atoms with Crippen LogP contribution in [0.1, 0.15) is 64.5 Å². The molecule has 0 aliphatic heterocycles. The minimum atomic E-state index is 0.294. The number of halogens is 1. The lowest BCUT2D eigenvalue weighted by atomic mass is 9.85. The summed E-state index contributed by atoms with van der Waals surface area (Å²) in [6, 6.07) is 2.02. The van der Waals surface area contributed by atoms with Crippen LogP contribution in [0.25, 0.3) is 10.9 Å². The van der Waals surface area contributed by atoms with E-state index in [-0.39, 0.29) is 0 Å². The molecule has 0 unspecified atom stereocenters. The van der Waals surface area contributed by atoms with Crippen LogP contribution in [0.15, 0.2) is 12.3 Å². The molecule has 3 rings (SSSR count). The van der Waals surface area contributed by atoms with Gasteiger partial charge in [-0.2, -0.15) is 5.10 Å². The van der Waals surface area contributed by atoms with Gasteiger partial charge < -0.3 is 0 Å². The second-order valence-corrected chi connectivity index (χ2v) is 6.10. The molecular weight excluding hydrogens is 256 g/mol. The van der Waals surface area contributed by atoms with Crippen LogP contribution in [-0.4, -0.2) is 10.2 Å². The Hall–Kier alpha value is -1.02. The van der Waals surface area contributed by atoms with E-state index in [1.54, 1.807) is 0 Å². The van der Waals surface area contributed by atoms with Crippen LogP contribution in [-0.2, 0) is 5.41 Å². The van der Waals surface area contributed by atoms with E-state index in [4.69, 9.17) is 11.6 Å². The Balaban J connectivity index is 0.000000637. The van der Waals surface area contributed by atoms with Crippen molar-refractivity contribution in [2.45, 2.75) is 58.8 Å². The van der Waals surface area contributed by atoms with Crippen molar-refractivity contribution in [2.24, 2.45) is 0 Å². The Morgan fingerprint density at radius 3 is 2.47 bits per heavy atom. The summed E-state index contributed by atoms with van der Waals surface area (Å²) in [5.74, 6) is 0.473. The summed E-state index contributed by atoms with van der Waals surface area (Å²) >= 11 is 6.49. The molecule has 1 fully saturated rings. The first-order valence-corrected chi connectivity index (χ1v) is 7.57. The molecule has 0 radical (unpaired) electrons. The second kappa shape index (κ2) is 5.16. The van der Waals surface area contributed by atoms with Gasteiger partial charge in [0.1, 0.15) is 0 Å². The molecule has 2 nitrogen and oxygen atoms in total. The number of nitrogens with one attached hydrogen (secondary N) is 1. The summed E-state index contributed by atoms with van der Waals surface area (Å²) in [4.78, 5) is 0. The highest BCUT2D eigenvalue weighted by Crippen LogP contribution is 2.53. The van der Waals surface area contributed by atoms with Crippen LogP contribution in [0, 0.1) is 0 Å². The first-order valence-electron chi connectivity index (χ1n) is 7.19. The fraction of sp³-hybridized carbons (Fsp3) is 0.562. The van der Waals surface area contributed by atoms with Crippen LogP contribution in [0.2, 0.25) is 5.02 Å². The average Bonchev–Trinajstić information content (AvgIpc) is 2.95. The van der Waals surface area contributed by atoms with Crippen LogP contribution >= 0.6 is 11.6 Å². The summed E-state index contributed by atoms with van der Waals surface area (Å²) in [7, 11) is 0. The zero-order chi connectivity index (χ0) is 14.2. The molecule has 1 aliphatic carbocycles. The normalized spacial score (nSPS) is 16.4. The zero-order valence-electron chi connectivity index (χ0n) is 12.5. The number of hydrogen-bond donors (Lipinski definition) is 1. The molecule has 0 atom stereocenters. The van der Waals surface area contributed by atoms with E-state index in [2.05, 4.69) is 31.0 Å². The van der Waals surface area contributed by atoms with Crippen LogP contribution in [0.4, 0.5) is 0 Å². The fourth-order valence-corrected chi connectivity index (χ4v) is 3.17. The van der Waals surface area contributed by atoms with Crippen LogP contribution in [0.3, 0.4) is 0 Å². The summed E-state index contributed by atoms with van der Waals surface area (Å²) < 4.78 is 0. The number of benzene rings is 1. The van der Waals surface area contributed by atoms with E-state index in [1.807, 2.05) is 26.1 Å². The summed E-state index contributed by atoms with van der Waals surface area (Å²) in [6.07, 6.45) is 4.42. The molecule has 1 aromatic heterocycles. The quantitative estimate of drug-likeness (QED) is 0.781. The minimum Gasteiger partial charge on any atom is -0.278 e. The molecule has 0 spiro atoms. The zero-order valence-corrected chi connectivity index (χ0v) is 13.2. The number of nitrogens with zero attached hydrogens (tertiary/aromatic N) is 1. The van der Waals surface area contributed by atoms with Gasteiger partial charge in [-0.1, -0.05) is 46.2 Å². The maximum absolute atomic E-state index is 6.49. The highest BCUT2D eigenvalue weighted by atomic mass is 35.5. The van der Waals surface area contributed by atoms with Crippen molar-refractivity contribution >= 4 is 22.5 Å². The van der Waals surface area contributed by atoms with Crippen molar-refractivity contribution in [1.82, 2.24) is 10.2 Å². The standard InChI is InChI=1S/C14H17ClN2.C2H6/c1-8(2)12-9-7-16-17-11(9)6-10(15)13(12)14(3)4-5-14;1-2/h6-8H,4-5H2,1-3H3,(H,16,17);1-2H3. The van der Waals surface area contributed by atoms with Gasteiger partial charge >= 0.3 is 0 Å². The van der Waals surface area contributed by atoms with Gasteiger partial charge in [-0.15, -0.1) is 0 Å². The molecule has 0 amide bonds. The lowest BCUT2D eigenvalue weighted by Gasteiger charge is -2.20. The summed E-state index contributed by atoms with van der Waals surface area (Å²) in [5, 5.41) is 9.29. The van der Waals surface area contributed by atoms with Crippen LogP contribution < -0.4 is 0 Å². The molecule has 19 heavy (non-hydrogen) atoms. The van der Waals surface area contributed by atoms with E-state index in [1.165, 1.54) is 29.4 Å². The molecule has 2 aromatic rings. The molecule has 1 aromatic carbocycles. The largest absolute Gasteiger partial charge is 0.278 e. The number of hydrogen-bond acceptors (Lipinski definition) is 1. The summed E-state index contributed by atoms with van der Waals surface area (Å²) in [6.45, 7) is 10.8.